The molecule has 1 heterocycles. The van der Waals surface area contributed by atoms with Crippen molar-refractivity contribution < 1.29 is 4.74 Å². The summed E-state index contributed by atoms with van der Waals surface area (Å²) < 4.78 is 5.98. The minimum atomic E-state index is -0.274. The van der Waals surface area contributed by atoms with E-state index in [1.807, 2.05) is 69.3 Å². The fourth-order valence-corrected chi connectivity index (χ4v) is 2.34. The van der Waals surface area contributed by atoms with Crippen LogP contribution in [0.1, 0.15) is 20.8 Å². The highest BCUT2D eigenvalue weighted by molar-refractivity contribution is 5.97. The second-order valence-electron chi connectivity index (χ2n) is 6.22. The first-order valence-corrected chi connectivity index (χ1v) is 7.42. The highest BCUT2D eigenvalue weighted by Gasteiger charge is 2.15. The van der Waals surface area contributed by atoms with Crippen LogP contribution >= 0.6 is 0 Å². The zero-order valence-corrected chi connectivity index (χ0v) is 13.1. The standard InChI is InChI=1S/C19H20N2O/c1-19(2,3)22-18-16-10-7-11-17(15(16)12-13-20-18)21-14-8-5-4-6-9-14/h4-13,21H,1-3H3. The molecule has 0 saturated carbocycles. The average Bonchev–Trinajstić information content (AvgIpc) is 2.48. The van der Waals surface area contributed by atoms with Gasteiger partial charge in [0.1, 0.15) is 5.60 Å². The van der Waals surface area contributed by atoms with Gasteiger partial charge in [-0.25, -0.2) is 4.98 Å². The van der Waals surface area contributed by atoms with Gasteiger partial charge in [0.05, 0.1) is 0 Å². The Labute approximate surface area is 131 Å². The van der Waals surface area contributed by atoms with Crippen LogP contribution in [0.25, 0.3) is 10.8 Å². The van der Waals surface area contributed by atoms with Crippen LogP contribution in [0.5, 0.6) is 5.88 Å². The Bertz CT molecular complexity index is 776. The molecule has 0 aliphatic carbocycles. The predicted octanol–water partition coefficient (Wildman–Crippen LogP) is 5.16. The summed E-state index contributed by atoms with van der Waals surface area (Å²) in [6, 6.07) is 18.3. The molecule has 0 aliphatic heterocycles. The van der Waals surface area contributed by atoms with Crippen molar-refractivity contribution in [3.8, 4) is 5.88 Å². The first-order chi connectivity index (χ1) is 10.5. The summed E-state index contributed by atoms with van der Waals surface area (Å²) >= 11 is 0. The Kier molecular flexibility index (Phi) is 3.72. The van der Waals surface area contributed by atoms with Crippen molar-refractivity contribution in [3.05, 3.63) is 60.8 Å². The number of hydrogen-bond acceptors (Lipinski definition) is 3. The van der Waals surface area contributed by atoms with Crippen molar-refractivity contribution in [3.63, 3.8) is 0 Å². The Morgan fingerprint density at radius 1 is 0.864 bits per heavy atom. The summed E-state index contributed by atoms with van der Waals surface area (Å²) in [5.74, 6) is 0.668. The highest BCUT2D eigenvalue weighted by atomic mass is 16.5. The Balaban J connectivity index is 2.04. The van der Waals surface area contributed by atoms with Crippen LogP contribution in [0.15, 0.2) is 60.8 Å². The number of rotatable bonds is 3. The molecule has 0 fully saturated rings. The lowest BCUT2D eigenvalue weighted by Gasteiger charge is -2.21. The van der Waals surface area contributed by atoms with Crippen molar-refractivity contribution in [2.24, 2.45) is 0 Å². The number of nitrogens with zero attached hydrogens (tertiary/aromatic N) is 1. The van der Waals surface area contributed by atoms with E-state index in [4.69, 9.17) is 4.74 Å². The quantitative estimate of drug-likeness (QED) is 0.724. The van der Waals surface area contributed by atoms with Gasteiger partial charge in [0, 0.05) is 28.3 Å². The number of para-hydroxylation sites is 1. The molecule has 1 N–H and O–H groups in total. The maximum absolute atomic E-state index is 5.98. The molecule has 3 nitrogen and oxygen atoms in total. The first kappa shape index (κ1) is 14.4. The van der Waals surface area contributed by atoms with Gasteiger partial charge in [-0.2, -0.15) is 0 Å². The van der Waals surface area contributed by atoms with E-state index in [1.165, 1.54) is 0 Å². The summed E-state index contributed by atoms with van der Waals surface area (Å²) in [6.07, 6.45) is 1.79. The number of pyridine rings is 1. The van der Waals surface area contributed by atoms with Crippen LogP contribution < -0.4 is 10.1 Å². The van der Waals surface area contributed by atoms with E-state index in [1.54, 1.807) is 6.20 Å². The third kappa shape index (κ3) is 3.19. The molecular weight excluding hydrogens is 272 g/mol. The van der Waals surface area contributed by atoms with Gasteiger partial charge in [-0.05, 0) is 51.1 Å². The first-order valence-electron chi connectivity index (χ1n) is 7.42. The lowest BCUT2D eigenvalue weighted by Crippen LogP contribution is -2.23. The van der Waals surface area contributed by atoms with Crippen LogP contribution in [0, 0.1) is 0 Å². The summed E-state index contributed by atoms with van der Waals surface area (Å²) in [7, 11) is 0. The van der Waals surface area contributed by atoms with E-state index >= 15 is 0 Å². The second kappa shape index (κ2) is 5.68. The molecule has 0 amide bonds. The summed E-state index contributed by atoms with van der Waals surface area (Å²) in [6.45, 7) is 6.08. The smallest absolute Gasteiger partial charge is 0.221 e. The Morgan fingerprint density at radius 3 is 2.36 bits per heavy atom. The maximum Gasteiger partial charge on any atom is 0.221 e. The summed E-state index contributed by atoms with van der Waals surface area (Å²) in [5.41, 5.74) is 1.83. The van der Waals surface area contributed by atoms with Crippen LogP contribution in [-0.4, -0.2) is 10.6 Å². The number of ether oxygens (including phenoxy) is 1. The van der Waals surface area contributed by atoms with Gasteiger partial charge in [0.2, 0.25) is 5.88 Å². The third-order valence-corrected chi connectivity index (χ3v) is 3.23. The van der Waals surface area contributed by atoms with E-state index < -0.39 is 0 Å². The highest BCUT2D eigenvalue weighted by Crippen LogP contribution is 2.32. The van der Waals surface area contributed by atoms with Gasteiger partial charge in [-0.1, -0.05) is 24.3 Å². The number of aromatic nitrogens is 1. The fourth-order valence-electron chi connectivity index (χ4n) is 2.34. The Morgan fingerprint density at radius 2 is 1.64 bits per heavy atom. The Hall–Kier alpha value is -2.55. The normalized spacial score (nSPS) is 11.4. The van der Waals surface area contributed by atoms with E-state index in [0.29, 0.717) is 5.88 Å². The molecule has 0 radical (unpaired) electrons. The van der Waals surface area contributed by atoms with E-state index in [9.17, 15) is 0 Å². The van der Waals surface area contributed by atoms with Crippen molar-refractivity contribution in [1.82, 2.24) is 4.98 Å². The van der Waals surface area contributed by atoms with E-state index in [2.05, 4.69) is 16.4 Å². The van der Waals surface area contributed by atoms with Crippen molar-refractivity contribution >= 4 is 22.1 Å². The van der Waals surface area contributed by atoms with E-state index in [-0.39, 0.29) is 5.60 Å². The largest absolute Gasteiger partial charge is 0.471 e. The molecule has 0 unspecified atom stereocenters. The van der Waals surface area contributed by atoms with Crippen LogP contribution in [0.4, 0.5) is 11.4 Å². The molecule has 22 heavy (non-hydrogen) atoms. The lowest BCUT2D eigenvalue weighted by molar-refractivity contribution is 0.126. The minimum absolute atomic E-state index is 0.274. The molecule has 3 aromatic rings. The fraction of sp³-hybridized carbons (Fsp3) is 0.211. The molecule has 0 atom stereocenters. The maximum atomic E-state index is 5.98. The number of benzene rings is 2. The van der Waals surface area contributed by atoms with Gasteiger partial charge in [-0.3, -0.25) is 0 Å². The van der Waals surface area contributed by atoms with Crippen LogP contribution in [0.2, 0.25) is 0 Å². The number of nitrogens with one attached hydrogen (secondary N) is 1. The molecule has 1 aromatic heterocycles. The van der Waals surface area contributed by atoms with Crippen LogP contribution in [0.3, 0.4) is 0 Å². The van der Waals surface area contributed by atoms with Crippen molar-refractivity contribution in [2.45, 2.75) is 26.4 Å². The van der Waals surface area contributed by atoms with Crippen molar-refractivity contribution in [2.75, 3.05) is 5.32 Å². The average molecular weight is 292 g/mol. The molecule has 2 aromatic carbocycles. The van der Waals surface area contributed by atoms with Gasteiger partial charge in [0.15, 0.2) is 0 Å². The number of fused-ring (bicyclic) bond motifs is 1. The zero-order chi connectivity index (χ0) is 15.6. The minimum Gasteiger partial charge on any atom is -0.471 e. The third-order valence-electron chi connectivity index (χ3n) is 3.23. The zero-order valence-electron chi connectivity index (χ0n) is 13.1. The topological polar surface area (TPSA) is 34.1 Å². The number of anilines is 2. The summed E-state index contributed by atoms with van der Waals surface area (Å²) in [4.78, 5) is 4.39. The molecule has 3 heteroatoms. The lowest BCUT2D eigenvalue weighted by atomic mass is 10.1. The summed E-state index contributed by atoms with van der Waals surface area (Å²) in [5, 5.41) is 5.56. The molecule has 3 rings (SSSR count). The van der Waals surface area contributed by atoms with Gasteiger partial charge >= 0.3 is 0 Å². The SMILES string of the molecule is CC(C)(C)Oc1nccc2c(Nc3ccccc3)cccc12. The van der Waals surface area contributed by atoms with Gasteiger partial charge in [-0.15, -0.1) is 0 Å². The number of hydrogen-bond donors (Lipinski definition) is 1. The molecule has 0 aliphatic rings. The second-order valence-corrected chi connectivity index (χ2v) is 6.22. The van der Waals surface area contributed by atoms with Gasteiger partial charge < -0.3 is 10.1 Å². The van der Waals surface area contributed by atoms with Gasteiger partial charge in [0.25, 0.3) is 0 Å². The molecular formula is C19H20N2O. The van der Waals surface area contributed by atoms with E-state index in [0.717, 1.165) is 22.1 Å². The monoisotopic (exact) mass is 292 g/mol. The van der Waals surface area contributed by atoms with Crippen LogP contribution in [-0.2, 0) is 0 Å². The molecule has 0 spiro atoms. The van der Waals surface area contributed by atoms with Crippen molar-refractivity contribution in [1.29, 1.82) is 0 Å². The predicted molar refractivity (Wildman–Crippen MR) is 91.8 cm³/mol. The molecule has 0 bridgehead atoms. The molecule has 112 valence electrons. The molecule has 0 saturated heterocycles.